The quantitative estimate of drug-likeness (QED) is 0.497. The molecule has 9 nitrogen and oxygen atoms in total. The van der Waals surface area contributed by atoms with Crippen LogP contribution in [0.2, 0.25) is 0 Å². The second-order valence-corrected chi connectivity index (χ2v) is 8.62. The monoisotopic (exact) mass is 483 g/mol. The summed E-state index contributed by atoms with van der Waals surface area (Å²) in [5.41, 5.74) is 1.68. The van der Waals surface area contributed by atoms with Crippen LogP contribution in [-0.4, -0.2) is 45.2 Å². The molecular weight excluding hydrogens is 458 g/mol. The lowest BCUT2D eigenvalue weighted by atomic mass is 10.1. The molecule has 1 heterocycles. The number of methoxy groups -OCH3 is 4. The molecule has 2 amide bonds. The lowest BCUT2D eigenvalue weighted by molar-refractivity contribution is -0.117. The number of rotatable bonds is 8. The third-order valence-electron chi connectivity index (χ3n) is 5.52. The minimum absolute atomic E-state index is 0.160. The Labute approximate surface area is 201 Å². The fraction of sp³-hybridized carbons (Fsp3) is 0.292. The van der Waals surface area contributed by atoms with Crippen molar-refractivity contribution in [2.24, 2.45) is 0 Å². The van der Waals surface area contributed by atoms with Gasteiger partial charge in [-0.05, 0) is 37.1 Å². The van der Waals surface area contributed by atoms with Gasteiger partial charge in [-0.25, -0.2) is 4.98 Å². The predicted octanol–water partition coefficient (Wildman–Crippen LogP) is 4.10. The molecule has 10 heteroatoms. The van der Waals surface area contributed by atoms with Crippen molar-refractivity contribution in [3.05, 3.63) is 52.5 Å². The molecule has 34 heavy (non-hydrogen) atoms. The molecule has 2 N–H and O–H groups in total. The largest absolute Gasteiger partial charge is 0.497 e. The van der Waals surface area contributed by atoms with Gasteiger partial charge in [-0.1, -0.05) is 0 Å². The molecule has 3 aromatic rings. The van der Waals surface area contributed by atoms with Gasteiger partial charge < -0.3 is 24.3 Å². The van der Waals surface area contributed by atoms with Crippen LogP contribution in [0.15, 0.2) is 36.4 Å². The standard InChI is InChI=1S/C24H25N3O6S/c1-30-15-9-13(10-16(12-15)31-2)22(28)27-24-26-21-17(6-8-20(21)34-24)23(29)25-14-5-7-18(32-3)19(11-14)33-4/h5,7,9-12,17H,6,8H2,1-4H3,(H,25,29)(H,26,27,28). The van der Waals surface area contributed by atoms with Crippen LogP contribution in [0.1, 0.15) is 33.3 Å². The lowest BCUT2D eigenvalue weighted by Gasteiger charge is -2.13. The van der Waals surface area contributed by atoms with Gasteiger partial charge in [0.05, 0.1) is 40.1 Å². The summed E-state index contributed by atoms with van der Waals surface area (Å²) >= 11 is 1.38. The normalized spacial score (nSPS) is 14.2. The van der Waals surface area contributed by atoms with Crippen LogP contribution < -0.4 is 29.6 Å². The smallest absolute Gasteiger partial charge is 0.257 e. The zero-order valence-corrected chi connectivity index (χ0v) is 20.1. The van der Waals surface area contributed by atoms with Gasteiger partial charge in [-0.15, -0.1) is 11.3 Å². The summed E-state index contributed by atoms with van der Waals surface area (Å²) in [6.07, 6.45) is 1.38. The first-order chi connectivity index (χ1) is 16.4. The summed E-state index contributed by atoms with van der Waals surface area (Å²) < 4.78 is 21.0. The molecule has 4 rings (SSSR count). The number of carbonyl (C=O) groups excluding carboxylic acids is 2. The van der Waals surface area contributed by atoms with Crippen molar-refractivity contribution in [2.75, 3.05) is 39.1 Å². The van der Waals surface area contributed by atoms with E-state index < -0.39 is 5.92 Å². The minimum atomic E-state index is -0.401. The Morgan fingerprint density at radius 1 is 0.912 bits per heavy atom. The number of thiazole rings is 1. The Kier molecular flexibility index (Phi) is 6.87. The molecule has 0 radical (unpaired) electrons. The van der Waals surface area contributed by atoms with E-state index in [2.05, 4.69) is 15.6 Å². The number of benzene rings is 2. The van der Waals surface area contributed by atoms with Crippen molar-refractivity contribution in [1.29, 1.82) is 0 Å². The fourth-order valence-electron chi connectivity index (χ4n) is 3.79. The molecule has 0 saturated carbocycles. The number of ether oxygens (including phenoxy) is 4. The van der Waals surface area contributed by atoms with Crippen LogP contribution in [-0.2, 0) is 11.2 Å². The van der Waals surface area contributed by atoms with E-state index in [9.17, 15) is 9.59 Å². The second-order valence-electron chi connectivity index (χ2n) is 7.53. The Hall–Kier alpha value is -3.79. The maximum atomic E-state index is 13.0. The molecule has 0 saturated heterocycles. The van der Waals surface area contributed by atoms with Gasteiger partial charge in [0.25, 0.3) is 5.91 Å². The molecule has 1 atom stereocenters. The van der Waals surface area contributed by atoms with E-state index in [1.54, 1.807) is 50.6 Å². The van der Waals surface area contributed by atoms with Crippen LogP contribution in [0.5, 0.6) is 23.0 Å². The Bertz CT molecular complexity index is 1200. The van der Waals surface area contributed by atoms with E-state index in [1.165, 1.54) is 25.6 Å². The Balaban J connectivity index is 1.47. The average Bonchev–Trinajstić information content (AvgIpc) is 3.43. The summed E-state index contributed by atoms with van der Waals surface area (Å²) in [4.78, 5) is 31.3. The maximum Gasteiger partial charge on any atom is 0.257 e. The minimum Gasteiger partial charge on any atom is -0.497 e. The van der Waals surface area contributed by atoms with Gasteiger partial charge in [-0.2, -0.15) is 0 Å². The van der Waals surface area contributed by atoms with E-state index in [-0.39, 0.29) is 11.8 Å². The topological polar surface area (TPSA) is 108 Å². The van der Waals surface area contributed by atoms with Crippen LogP contribution in [0.3, 0.4) is 0 Å². The van der Waals surface area contributed by atoms with Gasteiger partial charge in [0.15, 0.2) is 16.6 Å². The summed E-state index contributed by atoms with van der Waals surface area (Å²) in [5.74, 6) is 1.23. The number of hydrogen-bond donors (Lipinski definition) is 2. The van der Waals surface area contributed by atoms with Crippen molar-refractivity contribution >= 4 is 34.0 Å². The van der Waals surface area contributed by atoms with Gasteiger partial charge in [-0.3, -0.25) is 14.9 Å². The van der Waals surface area contributed by atoms with E-state index in [1.807, 2.05) is 0 Å². The first-order valence-electron chi connectivity index (χ1n) is 10.5. The zero-order chi connectivity index (χ0) is 24.2. The molecule has 0 bridgehead atoms. The average molecular weight is 484 g/mol. The van der Waals surface area contributed by atoms with Crippen molar-refractivity contribution < 1.29 is 28.5 Å². The highest BCUT2D eigenvalue weighted by Crippen LogP contribution is 2.39. The van der Waals surface area contributed by atoms with E-state index in [0.29, 0.717) is 51.5 Å². The molecule has 1 aromatic heterocycles. The number of amides is 2. The van der Waals surface area contributed by atoms with Gasteiger partial charge in [0, 0.05) is 28.3 Å². The van der Waals surface area contributed by atoms with Crippen LogP contribution in [0.4, 0.5) is 10.8 Å². The highest BCUT2D eigenvalue weighted by Gasteiger charge is 2.33. The molecular formula is C24H25N3O6S. The highest BCUT2D eigenvalue weighted by molar-refractivity contribution is 7.16. The molecule has 178 valence electrons. The lowest BCUT2D eigenvalue weighted by Crippen LogP contribution is -2.20. The number of fused-ring (bicyclic) bond motifs is 1. The molecule has 1 aliphatic carbocycles. The second kappa shape index (κ2) is 10.0. The maximum absolute atomic E-state index is 13.0. The molecule has 1 aliphatic rings. The number of nitrogens with one attached hydrogen (secondary N) is 2. The first-order valence-corrected chi connectivity index (χ1v) is 11.3. The number of aromatic nitrogens is 1. The first kappa shape index (κ1) is 23.4. The van der Waals surface area contributed by atoms with E-state index in [0.717, 1.165) is 11.3 Å². The van der Waals surface area contributed by atoms with Crippen LogP contribution >= 0.6 is 11.3 Å². The van der Waals surface area contributed by atoms with Crippen LogP contribution in [0, 0.1) is 0 Å². The number of aryl methyl sites for hydroxylation is 1. The molecule has 0 fully saturated rings. The summed E-state index contributed by atoms with van der Waals surface area (Å²) in [5, 5.41) is 6.19. The number of carbonyl (C=O) groups is 2. The zero-order valence-electron chi connectivity index (χ0n) is 19.3. The Morgan fingerprint density at radius 2 is 1.62 bits per heavy atom. The molecule has 2 aromatic carbocycles. The van der Waals surface area contributed by atoms with E-state index in [4.69, 9.17) is 18.9 Å². The van der Waals surface area contributed by atoms with Crippen molar-refractivity contribution in [3.63, 3.8) is 0 Å². The third-order valence-corrected chi connectivity index (χ3v) is 6.57. The molecule has 1 unspecified atom stereocenters. The van der Waals surface area contributed by atoms with Gasteiger partial charge in [0.1, 0.15) is 11.5 Å². The van der Waals surface area contributed by atoms with Crippen molar-refractivity contribution in [2.45, 2.75) is 18.8 Å². The summed E-state index contributed by atoms with van der Waals surface area (Å²) in [6.45, 7) is 0. The van der Waals surface area contributed by atoms with Gasteiger partial charge in [0.2, 0.25) is 5.91 Å². The fourth-order valence-corrected chi connectivity index (χ4v) is 4.82. The van der Waals surface area contributed by atoms with E-state index >= 15 is 0 Å². The van der Waals surface area contributed by atoms with Gasteiger partial charge >= 0.3 is 0 Å². The summed E-state index contributed by atoms with van der Waals surface area (Å²) in [7, 11) is 6.14. The molecule has 0 aliphatic heterocycles. The SMILES string of the molecule is COc1cc(OC)cc(C(=O)Nc2nc3c(s2)CCC3C(=O)Nc2ccc(OC)c(OC)c2)c1. The summed E-state index contributed by atoms with van der Waals surface area (Å²) in [6, 6.07) is 10.1. The molecule has 0 spiro atoms. The third kappa shape index (κ3) is 4.76. The van der Waals surface area contributed by atoms with Crippen molar-refractivity contribution in [3.8, 4) is 23.0 Å². The van der Waals surface area contributed by atoms with Crippen molar-refractivity contribution in [1.82, 2.24) is 4.98 Å². The Morgan fingerprint density at radius 3 is 2.26 bits per heavy atom. The van der Waals surface area contributed by atoms with Crippen LogP contribution in [0.25, 0.3) is 0 Å². The predicted molar refractivity (Wildman–Crippen MR) is 129 cm³/mol. The number of hydrogen-bond acceptors (Lipinski definition) is 8. The highest BCUT2D eigenvalue weighted by atomic mass is 32.1. The number of anilines is 2. The number of nitrogens with zero attached hydrogens (tertiary/aromatic N) is 1.